The van der Waals surface area contributed by atoms with Gasteiger partial charge in [0.05, 0.1) is 0 Å². The van der Waals surface area contributed by atoms with E-state index in [1.807, 2.05) is 0 Å². The van der Waals surface area contributed by atoms with E-state index in [4.69, 9.17) is 0 Å². The number of ketones is 1. The van der Waals surface area contributed by atoms with Gasteiger partial charge in [0.2, 0.25) is 0 Å². The Morgan fingerprint density at radius 1 is 1.27 bits per heavy atom. The van der Waals surface area contributed by atoms with Gasteiger partial charge in [-0.3, -0.25) is 4.79 Å². The van der Waals surface area contributed by atoms with Gasteiger partial charge in [0.25, 0.3) is 0 Å². The fourth-order valence-electron chi connectivity index (χ4n) is 1.92. The summed E-state index contributed by atoms with van der Waals surface area (Å²) < 4.78 is 0. The van der Waals surface area contributed by atoms with E-state index in [1.54, 1.807) is 0 Å². The van der Waals surface area contributed by atoms with Crippen molar-refractivity contribution < 1.29 is 4.79 Å². The van der Waals surface area contributed by atoms with Gasteiger partial charge in [0.15, 0.2) is 0 Å². The van der Waals surface area contributed by atoms with E-state index in [2.05, 4.69) is 24.3 Å². The second-order valence-electron chi connectivity index (χ2n) is 3.29. The highest BCUT2D eigenvalue weighted by Crippen LogP contribution is 2.32. The Morgan fingerprint density at radius 2 is 2.09 bits per heavy atom. The molecular weight excluding hydrogens is 136 g/mol. The molecule has 0 aromatic heterocycles. The summed E-state index contributed by atoms with van der Waals surface area (Å²) in [6.07, 6.45) is 11.4. The average Bonchev–Trinajstić information content (AvgIpc) is 2.25. The van der Waals surface area contributed by atoms with E-state index in [1.165, 1.54) is 0 Å². The molecule has 0 amide bonds. The highest BCUT2D eigenvalue weighted by molar-refractivity contribution is 5.85. The Morgan fingerprint density at radius 3 is 3.00 bits per heavy atom. The molecule has 0 aromatic rings. The zero-order chi connectivity index (χ0) is 7.68. The Balaban J connectivity index is 2.25. The molecule has 58 valence electrons. The predicted molar refractivity (Wildman–Crippen MR) is 44.1 cm³/mol. The monoisotopic (exact) mass is 148 g/mol. The van der Waals surface area contributed by atoms with Crippen LogP contribution in [0.5, 0.6) is 0 Å². The molecule has 1 heteroatoms. The average molecular weight is 148 g/mol. The first-order valence-electron chi connectivity index (χ1n) is 4.24. The van der Waals surface area contributed by atoms with Crippen molar-refractivity contribution in [2.45, 2.75) is 19.3 Å². The molecule has 0 heterocycles. The van der Waals surface area contributed by atoms with Gasteiger partial charge in [-0.2, -0.15) is 0 Å². The first-order valence-corrected chi connectivity index (χ1v) is 4.24. The number of carbonyl (C=O) groups excluding carboxylic acids is 1. The topological polar surface area (TPSA) is 17.1 Å². The van der Waals surface area contributed by atoms with Crippen LogP contribution in [-0.2, 0) is 4.79 Å². The molecule has 0 saturated heterocycles. The molecular formula is C10H12O. The molecule has 2 unspecified atom stereocenters. The van der Waals surface area contributed by atoms with Crippen molar-refractivity contribution in [1.29, 1.82) is 0 Å². The van der Waals surface area contributed by atoms with Crippen LogP contribution >= 0.6 is 0 Å². The zero-order valence-corrected chi connectivity index (χ0v) is 6.49. The summed E-state index contributed by atoms with van der Waals surface area (Å²) >= 11 is 0. The van der Waals surface area contributed by atoms with Crippen molar-refractivity contribution in [3.8, 4) is 0 Å². The van der Waals surface area contributed by atoms with Crippen molar-refractivity contribution in [3.63, 3.8) is 0 Å². The number of hydrogen-bond donors (Lipinski definition) is 0. The van der Waals surface area contributed by atoms with Crippen LogP contribution in [0.2, 0.25) is 0 Å². The maximum absolute atomic E-state index is 11.3. The zero-order valence-electron chi connectivity index (χ0n) is 6.49. The molecule has 2 aliphatic carbocycles. The molecule has 0 aromatic carbocycles. The summed E-state index contributed by atoms with van der Waals surface area (Å²) in [7, 11) is 0. The molecule has 0 spiro atoms. The Bertz CT molecular complexity index is 225. The number of hydrogen-bond acceptors (Lipinski definition) is 1. The molecule has 1 saturated carbocycles. The van der Waals surface area contributed by atoms with Gasteiger partial charge in [0.1, 0.15) is 5.78 Å². The lowest BCUT2D eigenvalue weighted by atomic mass is 9.96. The van der Waals surface area contributed by atoms with Gasteiger partial charge in [-0.15, -0.1) is 0 Å². The third-order valence-corrected chi connectivity index (χ3v) is 2.56. The Kier molecular flexibility index (Phi) is 1.65. The first kappa shape index (κ1) is 6.84. The molecule has 1 nitrogen and oxygen atoms in total. The molecule has 0 bridgehead atoms. The third-order valence-electron chi connectivity index (χ3n) is 2.56. The highest BCUT2D eigenvalue weighted by atomic mass is 16.1. The third kappa shape index (κ3) is 1.15. The van der Waals surface area contributed by atoms with Crippen molar-refractivity contribution in [2.75, 3.05) is 0 Å². The fraction of sp³-hybridized carbons (Fsp3) is 0.500. The summed E-state index contributed by atoms with van der Waals surface area (Å²) in [6, 6.07) is 0. The van der Waals surface area contributed by atoms with Crippen LogP contribution in [0.3, 0.4) is 0 Å². The van der Waals surface area contributed by atoms with Crippen LogP contribution in [0, 0.1) is 11.8 Å². The molecule has 1 fully saturated rings. The van der Waals surface area contributed by atoms with Crippen LogP contribution in [0.1, 0.15) is 19.3 Å². The summed E-state index contributed by atoms with van der Waals surface area (Å²) in [5.41, 5.74) is 0. The van der Waals surface area contributed by atoms with Crippen molar-refractivity contribution >= 4 is 5.78 Å². The fourth-order valence-corrected chi connectivity index (χ4v) is 1.92. The molecule has 2 aliphatic rings. The van der Waals surface area contributed by atoms with E-state index in [0.29, 0.717) is 11.7 Å². The van der Waals surface area contributed by atoms with Gasteiger partial charge < -0.3 is 0 Å². The molecule has 0 N–H and O–H groups in total. The maximum Gasteiger partial charge on any atom is 0.140 e. The SMILES string of the molecule is O=C1CCC2C=CCC=CC12. The van der Waals surface area contributed by atoms with Crippen LogP contribution in [0.4, 0.5) is 0 Å². The number of fused-ring (bicyclic) bond motifs is 1. The smallest absolute Gasteiger partial charge is 0.140 e. The van der Waals surface area contributed by atoms with E-state index < -0.39 is 0 Å². The molecule has 2 rings (SSSR count). The van der Waals surface area contributed by atoms with Gasteiger partial charge in [-0.1, -0.05) is 24.3 Å². The van der Waals surface area contributed by atoms with Crippen LogP contribution < -0.4 is 0 Å². The molecule has 0 aliphatic heterocycles. The quantitative estimate of drug-likeness (QED) is 0.481. The summed E-state index contributed by atoms with van der Waals surface area (Å²) in [5.74, 6) is 1.16. The first-order chi connectivity index (χ1) is 5.38. The minimum Gasteiger partial charge on any atom is -0.299 e. The second-order valence-corrected chi connectivity index (χ2v) is 3.29. The van der Waals surface area contributed by atoms with Crippen LogP contribution in [0.15, 0.2) is 24.3 Å². The van der Waals surface area contributed by atoms with E-state index in [0.717, 1.165) is 19.3 Å². The lowest BCUT2D eigenvalue weighted by Crippen LogP contribution is -2.08. The second kappa shape index (κ2) is 2.65. The normalized spacial score (nSPS) is 35.5. The summed E-state index contributed by atoms with van der Waals surface area (Å²) in [4.78, 5) is 11.3. The number of carbonyl (C=O) groups is 1. The predicted octanol–water partition coefficient (Wildman–Crippen LogP) is 2.10. The van der Waals surface area contributed by atoms with Gasteiger partial charge >= 0.3 is 0 Å². The van der Waals surface area contributed by atoms with Gasteiger partial charge in [0, 0.05) is 12.3 Å². The number of Topliss-reactive ketones (excluding diaryl/α,β-unsaturated/α-hetero) is 1. The van der Waals surface area contributed by atoms with Crippen LogP contribution in [0.25, 0.3) is 0 Å². The van der Waals surface area contributed by atoms with E-state index in [-0.39, 0.29) is 5.92 Å². The maximum atomic E-state index is 11.3. The number of allylic oxidation sites excluding steroid dienone is 4. The van der Waals surface area contributed by atoms with Crippen molar-refractivity contribution in [2.24, 2.45) is 11.8 Å². The summed E-state index contributed by atoms with van der Waals surface area (Å²) in [5, 5.41) is 0. The molecule has 11 heavy (non-hydrogen) atoms. The Labute approximate surface area is 66.8 Å². The largest absolute Gasteiger partial charge is 0.299 e. The highest BCUT2D eigenvalue weighted by Gasteiger charge is 2.30. The van der Waals surface area contributed by atoms with E-state index in [9.17, 15) is 4.79 Å². The molecule has 2 atom stereocenters. The van der Waals surface area contributed by atoms with Gasteiger partial charge in [-0.05, 0) is 18.8 Å². The standard InChI is InChI=1S/C10H12O/c11-10-7-6-8-4-2-1-3-5-9(8)10/h2-5,8-9H,1,6-7H2. The summed E-state index contributed by atoms with van der Waals surface area (Å²) in [6.45, 7) is 0. The van der Waals surface area contributed by atoms with E-state index >= 15 is 0 Å². The number of rotatable bonds is 0. The Hall–Kier alpha value is -0.850. The van der Waals surface area contributed by atoms with Gasteiger partial charge in [-0.25, -0.2) is 0 Å². The van der Waals surface area contributed by atoms with Crippen molar-refractivity contribution in [1.82, 2.24) is 0 Å². The molecule has 0 radical (unpaired) electrons. The van der Waals surface area contributed by atoms with Crippen LogP contribution in [-0.4, -0.2) is 5.78 Å². The minimum absolute atomic E-state index is 0.216. The minimum atomic E-state index is 0.216. The lowest BCUT2D eigenvalue weighted by Gasteiger charge is -2.07. The van der Waals surface area contributed by atoms with Crippen molar-refractivity contribution in [3.05, 3.63) is 24.3 Å². The lowest BCUT2D eigenvalue weighted by molar-refractivity contribution is -0.119.